The summed E-state index contributed by atoms with van der Waals surface area (Å²) in [5, 5.41) is 18.8. The number of rotatable bonds is 6. The van der Waals surface area contributed by atoms with E-state index in [0.29, 0.717) is 17.1 Å². The number of benzene rings is 1. The van der Waals surface area contributed by atoms with Gasteiger partial charge in [-0.3, -0.25) is 14.3 Å². The predicted molar refractivity (Wildman–Crippen MR) is 119 cm³/mol. The number of carbonyl (C=O) groups is 2. The van der Waals surface area contributed by atoms with Crippen LogP contribution in [0.3, 0.4) is 0 Å². The van der Waals surface area contributed by atoms with Gasteiger partial charge in [0.15, 0.2) is 5.01 Å². The largest absolute Gasteiger partial charge is 0.346 e. The number of thiazole rings is 1. The molecule has 0 bridgehead atoms. The molecule has 0 saturated heterocycles. The molecular formula is C21H21ClN6O2S. The van der Waals surface area contributed by atoms with E-state index in [1.807, 2.05) is 32.2 Å². The lowest BCUT2D eigenvalue weighted by Gasteiger charge is -2.13. The Morgan fingerprint density at radius 1 is 1.35 bits per heavy atom. The van der Waals surface area contributed by atoms with Crippen LogP contribution in [0.4, 0.5) is 0 Å². The molecule has 0 fully saturated rings. The van der Waals surface area contributed by atoms with Crippen molar-refractivity contribution in [2.24, 2.45) is 0 Å². The Hall–Kier alpha value is -3.22. The predicted octanol–water partition coefficient (Wildman–Crippen LogP) is 3.36. The lowest BCUT2D eigenvalue weighted by Crippen LogP contribution is -2.36. The number of amides is 2. The van der Waals surface area contributed by atoms with E-state index >= 15 is 0 Å². The van der Waals surface area contributed by atoms with Gasteiger partial charge in [0.05, 0.1) is 22.8 Å². The number of nitrogens with zero attached hydrogens (tertiary/aromatic N) is 5. The van der Waals surface area contributed by atoms with Crippen molar-refractivity contribution < 1.29 is 9.59 Å². The van der Waals surface area contributed by atoms with Gasteiger partial charge in [-0.2, -0.15) is 10.4 Å². The monoisotopic (exact) mass is 456 g/mol. The molecule has 3 aromatic rings. The second kappa shape index (κ2) is 9.29. The van der Waals surface area contributed by atoms with Gasteiger partial charge in [0.2, 0.25) is 0 Å². The van der Waals surface area contributed by atoms with E-state index < -0.39 is 0 Å². The Balaban J connectivity index is 1.66. The van der Waals surface area contributed by atoms with E-state index in [-0.39, 0.29) is 28.6 Å². The van der Waals surface area contributed by atoms with Gasteiger partial charge in [-0.1, -0.05) is 17.7 Å². The maximum Gasteiger partial charge on any atom is 0.282 e. The lowest BCUT2D eigenvalue weighted by molar-refractivity contribution is 0.0827. The summed E-state index contributed by atoms with van der Waals surface area (Å²) >= 11 is 7.40. The molecule has 2 amide bonds. The number of hydrogen-bond donors (Lipinski definition) is 1. The van der Waals surface area contributed by atoms with Gasteiger partial charge in [0, 0.05) is 37.3 Å². The summed E-state index contributed by atoms with van der Waals surface area (Å²) in [6, 6.07) is 7.21. The zero-order valence-electron chi connectivity index (χ0n) is 17.5. The molecule has 8 nitrogen and oxygen atoms in total. The second-order valence-electron chi connectivity index (χ2n) is 7.25. The van der Waals surface area contributed by atoms with Crippen LogP contribution in [0.25, 0.3) is 11.3 Å². The molecule has 0 aliphatic carbocycles. The number of halogens is 1. The van der Waals surface area contributed by atoms with Crippen LogP contribution in [-0.2, 0) is 6.54 Å². The van der Waals surface area contributed by atoms with Crippen LogP contribution in [0, 0.1) is 18.3 Å². The van der Waals surface area contributed by atoms with Crippen molar-refractivity contribution >= 4 is 34.8 Å². The zero-order valence-corrected chi connectivity index (χ0v) is 19.1. The standard InChI is InChI=1S/C21H21ClN6O2S/c1-12(24-19(29)17-11-31-20(25-17)21(30)27(3)4)10-28-8-7-16(26-28)15-6-5-14(9-23)18(22)13(15)2/h5-8,11-12H,10H2,1-4H3,(H,24,29). The molecule has 2 heterocycles. The average Bonchev–Trinajstić information content (AvgIpc) is 3.39. The zero-order chi connectivity index (χ0) is 22.7. The highest BCUT2D eigenvalue weighted by Crippen LogP contribution is 2.29. The van der Waals surface area contributed by atoms with Gasteiger partial charge in [0.25, 0.3) is 11.8 Å². The van der Waals surface area contributed by atoms with Crippen molar-refractivity contribution in [1.29, 1.82) is 5.26 Å². The molecule has 0 saturated carbocycles. The molecule has 0 radical (unpaired) electrons. The lowest BCUT2D eigenvalue weighted by atomic mass is 10.0. The summed E-state index contributed by atoms with van der Waals surface area (Å²) < 4.78 is 1.73. The minimum Gasteiger partial charge on any atom is -0.346 e. The first-order chi connectivity index (χ1) is 14.7. The molecule has 0 aliphatic heterocycles. The third-order valence-corrected chi connectivity index (χ3v) is 5.91. The Kier molecular flexibility index (Phi) is 6.73. The molecule has 10 heteroatoms. The summed E-state index contributed by atoms with van der Waals surface area (Å²) in [5.74, 6) is -0.581. The van der Waals surface area contributed by atoms with Gasteiger partial charge in [-0.25, -0.2) is 4.98 Å². The van der Waals surface area contributed by atoms with Gasteiger partial charge >= 0.3 is 0 Å². The van der Waals surface area contributed by atoms with E-state index in [9.17, 15) is 9.59 Å². The molecule has 160 valence electrons. The molecule has 1 aromatic carbocycles. The summed E-state index contributed by atoms with van der Waals surface area (Å²) in [6.45, 7) is 4.16. The van der Waals surface area contributed by atoms with Crippen molar-refractivity contribution in [2.75, 3.05) is 14.1 Å². The van der Waals surface area contributed by atoms with Crippen LogP contribution < -0.4 is 5.32 Å². The van der Waals surface area contributed by atoms with Crippen molar-refractivity contribution in [3.8, 4) is 17.3 Å². The van der Waals surface area contributed by atoms with Gasteiger partial charge in [-0.15, -0.1) is 11.3 Å². The normalized spacial score (nSPS) is 11.6. The molecule has 3 rings (SSSR count). The summed E-state index contributed by atoms with van der Waals surface area (Å²) in [6.07, 6.45) is 1.82. The van der Waals surface area contributed by atoms with Crippen LogP contribution >= 0.6 is 22.9 Å². The maximum absolute atomic E-state index is 12.5. The Morgan fingerprint density at radius 2 is 2.10 bits per heavy atom. The first kappa shape index (κ1) is 22.5. The first-order valence-electron chi connectivity index (χ1n) is 9.42. The molecule has 0 aliphatic rings. The van der Waals surface area contributed by atoms with Crippen molar-refractivity contribution in [3.05, 3.63) is 56.6 Å². The Labute approximate surface area is 189 Å². The Morgan fingerprint density at radius 3 is 2.77 bits per heavy atom. The van der Waals surface area contributed by atoms with E-state index in [4.69, 9.17) is 16.9 Å². The highest BCUT2D eigenvalue weighted by molar-refractivity contribution is 7.11. The quantitative estimate of drug-likeness (QED) is 0.612. The molecule has 1 unspecified atom stereocenters. The minimum atomic E-state index is -0.344. The highest BCUT2D eigenvalue weighted by Gasteiger charge is 2.18. The van der Waals surface area contributed by atoms with Crippen LogP contribution in [0.15, 0.2) is 29.8 Å². The molecule has 1 N–H and O–H groups in total. The molecule has 0 spiro atoms. The summed E-state index contributed by atoms with van der Waals surface area (Å²) in [4.78, 5) is 30.0. The highest BCUT2D eigenvalue weighted by atomic mass is 35.5. The van der Waals surface area contributed by atoms with Crippen LogP contribution in [0.2, 0.25) is 5.02 Å². The van der Waals surface area contributed by atoms with Gasteiger partial charge in [0.1, 0.15) is 11.8 Å². The van der Waals surface area contributed by atoms with Gasteiger partial charge < -0.3 is 10.2 Å². The van der Waals surface area contributed by atoms with E-state index in [1.54, 1.807) is 30.2 Å². The molecule has 2 aromatic heterocycles. The van der Waals surface area contributed by atoms with Crippen LogP contribution in [-0.4, -0.2) is 51.6 Å². The van der Waals surface area contributed by atoms with E-state index in [2.05, 4.69) is 21.5 Å². The fourth-order valence-electron chi connectivity index (χ4n) is 2.95. The number of carbonyl (C=O) groups excluding carboxylic acids is 2. The summed E-state index contributed by atoms with van der Waals surface area (Å²) in [7, 11) is 3.27. The number of nitrogens with one attached hydrogen (secondary N) is 1. The number of hydrogen-bond acceptors (Lipinski definition) is 6. The van der Waals surface area contributed by atoms with Gasteiger partial charge in [-0.05, 0) is 31.5 Å². The van der Waals surface area contributed by atoms with Crippen molar-refractivity contribution in [3.63, 3.8) is 0 Å². The minimum absolute atomic E-state index is 0.214. The van der Waals surface area contributed by atoms with Crippen LogP contribution in [0.1, 0.15) is 38.3 Å². The van der Waals surface area contributed by atoms with Crippen LogP contribution in [0.5, 0.6) is 0 Å². The summed E-state index contributed by atoms with van der Waals surface area (Å²) in [5.41, 5.74) is 3.01. The molecule has 31 heavy (non-hydrogen) atoms. The second-order valence-corrected chi connectivity index (χ2v) is 8.48. The smallest absolute Gasteiger partial charge is 0.282 e. The molecular weight excluding hydrogens is 436 g/mol. The maximum atomic E-state index is 12.5. The SMILES string of the molecule is Cc1c(-c2ccn(CC(C)NC(=O)c3csc(C(=O)N(C)C)n3)n2)ccc(C#N)c1Cl. The van der Waals surface area contributed by atoms with Crippen molar-refractivity contribution in [2.45, 2.75) is 26.4 Å². The average molecular weight is 457 g/mol. The fourth-order valence-corrected chi connectivity index (χ4v) is 3.97. The molecule has 1 atom stereocenters. The fraction of sp³-hybridized carbons (Fsp3) is 0.286. The third-order valence-electron chi connectivity index (χ3n) is 4.59. The van der Waals surface area contributed by atoms with E-state index in [1.165, 1.54) is 4.90 Å². The third kappa shape index (κ3) is 4.93. The number of aromatic nitrogens is 3. The number of nitriles is 1. The van der Waals surface area contributed by atoms with Crippen molar-refractivity contribution in [1.82, 2.24) is 25.0 Å². The van der Waals surface area contributed by atoms with E-state index in [0.717, 1.165) is 28.2 Å². The Bertz CT molecular complexity index is 1180. The topological polar surface area (TPSA) is 104 Å². The first-order valence-corrected chi connectivity index (χ1v) is 10.7.